The zero-order valence-electron chi connectivity index (χ0n) is 23.5. The van der Waals surface area contributed by atoms with Crippen molar-refractivity contribution in [1.82, 2.24) is 10.2 Å². The second-order valence-electron chi connectivity index (χ2n) is 10.7. The van der Waals surface area contributed by atoms with Crippen molar-refractivity contribution in [3.63, 3.8) is 0 Å². The van der Waals surface area contributed by atoms with Crippen molar-refractivity contribution in [2.45, 2.75) is 64.6 Å². The SMILES string of the molecule is CCOc1ccc(-c2ccc(C(C)=O)cc2)cc1CN(C(=O)C1=C(Cl)c2ccccc2C1)[C@H]1CC[C@@H](NC)CC1. The number of amides is 1. The summed E-state index contributed by atoms with van der Waals surface area (Å²) in [6.07, 6.45) is 4.48. The lowest BCUT2D eigenvalue weighted by atomic mass is 9.89. The van der Waals surface area contributed by atoms with E-state index in [1.54, 1.807) is 6.92 Å². The summed E-state index contributed by atoms with van der Waals surface area (Å²) in [4.78, 5) is 28.1. The van der Waals surface area contributed by atoms with E-state index in [9.17, 15) is 9.59 Å². The lowest BCUT2D eigenvalue weighted by Gasteiger charge is -2.37. The highest BCUT2D eigenvalue weighted by Gasteiger charge is 2.34. The van der Waals surface area contributed by atoms with E-state index in [0.29, 0.717) is 41.8 Å². The number of hydrogen-bond acceptors (Lipinski definition) is 4. The van der Waals surface area contributed by atoms with Gasteiger partial charge in [0.05, 0.1) is 11.6 Å². The summed E-state index contributed by atoms with van der Waals surface area (Å²) >= 11 is 6.83. The Kier molecular flexibility index (Phi) is 8.72. The summed E-state index contributed by atoms with van der Waals surface area (Å²) in [5.74, 6) is 0.832. The summed E-state index contributed by atoms with van der Waals surface area (Å²) in [5.41, 5.74) is 6.41. The van der Waals surface area contributed by atoms with Gasteiger partial charge >= 0.3 is 0 Å². The predicted molar refractivity (Wildman–Crippen MR) is 162 cm³/mol. The van der Waals surface area contributed by atoms with Crippen LogP contribution >= 0.6 is 11.6 Å². The van der Waals surface area contributed by atoms with E-state index in [-0.39, 0.29) is 17.7 Å². The molecule has 40 heavy (non-hydrogen) atoms. The molecule has 0 saturated heterocycles. The zero-order valence-corrected chi connectivity index (χ0v) is 24.3. The highest BCUT2D eigenvalue weighted by molar-refractivity contribution is 6.51. The van der Waals surface area contributed by atoms with Gasteiger partial charge in [0, 0.05) is 41.7 Å². The Labute approximate surface area is 242 Å². The average Bonchev–Trinajstić information content (AvgIpc) is 3.33. The van der Waals surface area contributed by atoms with Crippen LogP contribution in [-0.4, -0.2) is 42.3 Å². The number of nitrogens with zero attached hydrogens (tertiary/aromatic N) is 1. The van der Waals surface area contributed by atoms with Gasteiger partial charge in [-0.15, -0.1) is 0 Å². The molecule has 0 heterocycles. The van der Waals surface area contributed by atoms with Crippen molar-refractivity contribution in [2.24, 2.45) is 0 Å². The first-order valence-electron chi connectivity index (χ1n) is 14.2. The Balaban J connectivity index is 1.50. The fraction of sp³-hybridized carbons (Fsp3) is 0.353. The number of nitrogens with one attached hydrogen (secondary N) is 1. The molecular weight excluding hydrogens is 520 g/mol. The van der Waals surface area contributed by atoms with E-state index in [1.165, 1.54) is 0 Å². The van der Waals surface area contributed by atoms with Crippen LogP contribution in [0.1, 0.15) is 66.6 Å². The van der Waals surface area contributed by atoms with E-state index in [4.69, 9.17) is 16.3 Å². The molecule has 0 bridgehead atoms. The molecule has 3 aromatic carbocycles. The fourth-order valence-corrected chi connectivity index (χ4v) is 6.30. The minimum Gasteiger partial charge on any atom is -0.494 e. The number of rotatable bonds is 9. The fourth-order valence-electron chi connectivity index (χ4n) is 5.96. The van der Waals surface area contributed by atoms with Crippen LogP contribution in [0.5, 0.6) is 5.75 Å². The van der Waals surface area contributed by atoms with E-state index >= 15 is 0 Å². The molecule has 0 spiro atoms. The quantitative estimate of drug-likeness (QED) is 0.288. The molecule has 5 rings (SSSR count). The average molecular weight is 557 g/mol. The maximum Gasteiger partial charge on any atom is 0.252 e. The molecule has 6 heteroatoms. The van der Waals surface area contributed by atoms with Crippen molar-refractivity contribution in [1.29, 1.82) is 0 Å². The minimum absolute atomic E-state index is 0.00719. The molecule has 5 nitrogen and oxygen atoms in total. The maximum absolute atomic E-state index is 14.3. The molecule has 0 unspecified atom stereocenters. The number of carbonyl (C=O) groups is 2. The second-order valence-corrected chi connectivity index (χ2v) is 11.1. The number of ketones is 1. The standard InChI is InChI=1S/C34H37ClN2O3/c1-4-40-32-18-13-25(24-11-9-23(10-12-24)22(2)38)19-27(32)21-37(29-16-14-28(36-3)15-17-29)34(39)31-20-26-7-5-6-8-30(26)33(31)35/h5-13,18-19,28-29,36H,4,14-17,20-21H2,1-3H3/t28-,29+. The van der Waals surface area contributed by atoms with Crippen LogP contribution in [0.15, 0.2) is 72.3 Å². The first-order chi connectivity index (χ1) is 19.4. The molecule has 1 fully saturated rings. The van der Waals surface area contributed by atoms with Gasteiger partial charge in [-0.3, -0.25) is 9.59 Å². The minimum atomic E-state index is 0.00719. The highest BCUT2D eigenvalue weighted by atomic mass is 35.5. The molecule has 0 aliphatic heterocycles. The van der Waals surface area contributed by atoms with Crippen molar-refractivity contribution >= 4 is 28.3 Å². The van der Waals surface area contributed by atoms with Crippen molar-refractivity contribution < 1.29 is 14.3 Å². The van der Waals surface area contributed by atoms with Crippen LogP contribution in [0, 0.1) is 0 Å². The van der Waals surface area contributed by atoms with Gasteiger partial charge in [0.25, 0.3) is 5.91 Å². The zero-order chi connectivity index (χ0) is 28.2. The number of halogens is 1. The molecule has 1 amide bonds. The Morgan fingerprint density at radius 1 is 0.975 bits per heavy atom. The molecule has 2 aliphatic rings. The lowest BCUT2D eigenvalue weighted by molar-refractivity contribution is -0.130. The Hall–Kier alpha value is -3.41. The van der Waals surface area contributed by atoms with Gasteiger partial charge in [-0.25, -0.2) is 0 Å². The third-order valence-corrected chi connectivity index (χ3v) is 8.71. The van der Waals surface area contributed by atoms with Crippen LogP contribution in [0.2, 0.25) is 0 Å². The third kappa shape index (κ3) is 5.86. The Morgan fingerprint density at radius 2 is 1.68 bits per heavy atom. The number of carbonyl (C=O) groups excluding carboxylic acids is 2. The van der Waals surface area contributed by atoms with Gasteiger partial charge in [-0.05, 0) is 81.0 Å². The molecule has 208 valence electrons. The molecule has 0 radical (unpaired) electrons. The smallest absolute Gasteiger partial charge is 0.252 e. The number of benzene rings is 3. The van der Waals surface area contributed by atoms with E-state index < -0.39 is 0 Å². The van der Waals surface area contributed by atoms with Gasteiger partial charge in [-0.1, -0.05) is 66.2 Å². The molecule has 0 aromatic heterocycles. The third-order valence-electron chi connectivity index (χ3n) is 8.28. The van der Waals surface area contributed by atoms with E-state index in [2.05, 4.69) is 17.4 Å². The summed E-state index contributed by atoms with van der Waals surface area (Å²) in [7, 11) is 2.01. The Morgan fingerprint density at radius 3 is 2.33 bits per heavy atom. The van der Waals surface area contributed by atoms with Crippen LogP contribution in [0.4, 0.5) is 0 Å². The predicted octanol–water partition coefficient (Wildman–Crippen LogP) is 7.02. The van der Waals surface area contributed by atoms with Gasteiger partial charge in [-0.2, -0.15) is 0 Å². The topological polar surface area (TPSA) is 58.6 Å². The maximum atomic E-state index is 14.3. The first-order valence-corrected chi connectivity index (χ1v) is 14.6. The van der Waals surface area contributed by atoms with Gasteiger partial charge in [0.15, 0.2) is 5.78 Å². The second kappa shape index (κ2) is 12.4. The number of Topliss-reactive ketones (excluding diaryl/α,β-unsaturated/α-hetero) is 1. The monoisotopic (exact) mass is 556 g/mol. The number of fused-ring (bicyclic) bond motifs is 1. The molecule has 1 N–H and O–H groups in total. The van der Waals surface area contributed by atoms with E-state index in [1.807, 2.05) is 73.5 Å². The summed E-state index contributed by atoms with van der Waals surface area (Å²) in [5, 5.41) is 3.97. The van der Waals surface area contributed by atoms with Crippen molar-refractivity contribution in [3.8, 4) is 16.9 Å². The Bertz CT molecular complexity index is 1420. The number of ether oxygens (including phenoxy) is 1. The highest BCUT2D eigenvalue weighted by Crippen LogP contribution is 2.38. The molecule has 1 saturated carbocycles. The lowest BCUT2D eigenvalue weighted by Crippen LogP contribution is -2.45. The van der Waals surface area contributed by atoms with Crippen molar-refractivity contribution in [2.75, 3.05) is 13.7 Å². The summed E-state index contributed by atoms with van der Waals surface area (Å²) in [6.45, 7) is 4.52. The molecule has 2 aliphatic carbocycles. The van der Waals surface area contributed by atoms with Gasteiger partial charge in [0.1, 0.15) is 5.75 Å². The van der Waals surface area contributed by atoms with Crippen LogP contribution < -0.4 is 10.1 Å². The van der Waals surface area contributed by atoms with E-state index in [0.717, 1.165) is 59.3 Å². The molecular formula is C34H37ClN2O3. The first kappa shape index (κ1) is 28.1. The van der Waals surface area contributed by atoms with Crippen molar-refractivity contribution in [3.05, 3.63) is 94.6 Å². The summed E-state index contributed by atoms with van der Waals surface area (Å²) in [6, 6.07) is 22.4. The van der Waals surface area contributed by atoms with Crippen LogP contribution in [0.3, 0.4) is 0 Å². The van der Waals surface area contributed by atoms with Gasteiger partial charge in [0.2, 0.25) is 0 Å². The summed E-state index contributed by atoms with van der Waals surface area (Å²) < 4.78 is 6.05. The molecule has 3 aromatic rings. The normalized spacial score (nSPS) is 18.4. The molecule has 0 atom stereocenters. The van der Waals surface area contributed by atoms with Crippen LogP contribution in [-0.2, 0) is 17.8 Å². The van der Waals surface area contributed by atoms with Gasteiger partial charge < -0.3 is 15.0 Å². The number of hydrogen-bond donors (Lipinski definition) is 1. The largest absolute Gasteiger partial charge is 0.494 e. The van der Waals surface area contributed by atoms with Crippen LogP contribution in [0.25, 0.3) is 16.2 Å².